The zero-order valence-corrected chi connectivity index (χ0v) is 10.7. The summed E-state index contributed by atoms with van der Waals surface area (Å²) in [5.74, 6) is 0.119. The highest BCUT2D eigenvalue weighted by Gasteiger charge is 2.28. The van der Waals surface area contributed by atoms with Crippen LogP contribution in [0.15, 0.2) is 12.7 Å². The second-order valence-electron chi connectivity index (χ2n) is 4.81. The van der Waals surface area contributed by atoms with Crippen LogP contribution in [0.25, 0.3) is 0 Å². The number of carbonyl (C=O) groups excluding carboxylic acids is 2. The molecule has 1 aliphatic rings. The van der Waals surface area contributed by atoms with Crippen LogP contribution >= 0.6 is 0 Å². The summed E-state index contributed by atoms with van der Waals surface area (Å²) in [5.41, 5.74) is 0. The van der Waals surface area contributed by atoms with Gasteiger partial charge in [0.05, 0.1) is 5.92 Å². The number of nitrogens with one attached hydrogen (secondary N) is 1. The van der Waals surface area contributed by atoms with Crippen LogP contribution in [0.4, 0.5) is 0 Å². The molecule has 0 aromatic carbocycles. The van der Waals surface area contributed by atoms with E-state index < -0.39 is 0 Å². The lowest BCUT2D eigenvalue weighted by molar-refractivity contribution is -0.138. The van der Waals surface area contributed by atoms with Gasteiger partial charge in [-0.1, -0.05) is 19.9 Å². The highest BCUT2D eigenvalue weighted by molar-refractivity contribution is 5.82. The van der Waals surface area contributed by atoms with E-state index >= 15 is 0 Å². The normalized spacial score (nSPS) is 20.2. The molecule has 1 saturated heterocycles. The molecular formula is C13H22N2O2. The third kappa shape index (κ3) is 3.88. The first-order valence-corrected chi connectivity index (χ1v) is 6.23. The standard InChI is InChI=1S/C13H22N2O2/c1-4-7-14-12(16)11-6-5-8-15(9-11)13(17)10(2)3/h4,10-11H,1,5-9H2,2-3H3,(H,14,16). The molecule has 1 heterocycles. The van der Waals surface area contributed by atoms with Gasteiger partial charge in [0.2, 0.25) is 11.8 Å². The van der Waals surface area contributed by atoms with E-state index in [1.807, 2.05) is 18.7 Å². The first kappa shape index (κ1) is 13.7. The Morgan fingerprint density at radius 3 is 2.82 bits per heavy atom. The van der Waals surface area contributed by atoms with Crippen LogP contribution in [0.5, 0.6) is 0 Å². The maximum absolute atomic E-state index is 11.9. The Morgan fingerprint density at radius 2 is 2.24 bits per heavy atom. The molecule has 0 radical (unpaired) electrons. The topological polar surface area (TPSA) is 49.4 Å². The molecule has 0 aromatic rings. The van der Waals surface area contributed by atoms with E-state index in [0.717, 1.165) is 19.4 Å². The van der Waals surface area contributed by atoms with Gasteiger partial charge in [-0.15, -0.1) is 6.58 Å². The maximum Gasteiger partial charge on any atom is 0.225 e. The molecular weight excluding hydrogens is 216 g/mol. The highest BCUT2D eigenvalue weighted by atomic mass is 16.2. The summed E-state index contributed by atoms with van der Waals surface area (Å²) in [6, 6.07) is 0. The minimum absolute atomic E-state index is 0.00462. The second-order valence-corrected chi connectivity index (χ2v) is 4.81. The van der Waals surface area contributed by atoms with Gasteiger partial charge in [0.25, 0.3) is 0 Å². The van der Waals surface area contributed by atoms with Gasteiger partial charge in [-0.2, -0.15) is 0 Å². The van der Waals surface area contributed by atoms with Gasteiger partial charge in [-0.3, -0.25) is 9.59 Å². The smallest absolute Gasteiger partial charge is 0.225 e. The molecule has 1 unspecified atom stereocenters. The minimum atomic E-state index is -0.0635. The first-order valence-electron chi connectivity index (χ1n) is 6.23. The average molecular weight is 238 g/mol. The minimum Gasteiger partial charge on any atom is -0.352 e. The highest BCUT2D eigenvalue weighted by Crippen LogP contribution is 2.18. The number of likely N-dealkylation sites (tertiary alicyclic amines) is 1. The number of amides is 2. The van der Waals surface area contributed by atoms with Gasteiger partial charge in [0.1, 0.15) is 0 Å². The molecule has 4 nitrogen and oxygen atoms in total. The van der Waals surface area contributed by atoms with Gasteiger partial charge in [-0.25, -0.2) is 0 Å². The summed E-state index contributed by atoms with van der Waals surface area (Å²) in [6.07, 6.45) is 3.44. The van der Waals surface area contributed by atoms with E-state index in [4.69, 9.17) is 0 Å². The summed E-state index contributed by atoms with van der Waals surface area (Å²) >= 11 is 0. The van der Waals surface area contributed by atoms with Crippen molar-refractivity contribution < 1.29 is 9.59 Å². The van der Waals surface area contributed by atoms with E-state index in [0.29, 0.717) is 13.1 Å². The Labute approximate surface area is 103 Å². The summed E-state index contributed by atoms with van der Waals surface area (Å²) in [7, 11) is 0. The summed E-state index contributed by atoms with van der Waals surface area (Å²) in [5, 5.41) is 2.80. The van der Waals surface area contributed by atoms with Crippen molar-refractivity contribution >= 4 is 11.8 Å². The van der Waals surface area contributed by atoms with Crippen LogP contribution in [-0.2, 0) is 9.59 Å². The molecule has 17 heavy (non-hydrogen) atoms. The molecule has 1 rings (SSSR count). The molecule has 0 aliphatic carbocycles. The van der Waals surface area contributed by atoms with E-state index in [2.05, 4.69) is 11.9 Å². The molecule has 96 valence electrons. The van der Waals surface area contributed by atoms with Gasteiger partial charge in [0.15, 0.2) is 0 Å². The summed E-state index contributed by atoms with van der Waals surface area (Å²) in [6.45, 7) is 9.18. The lowest BCUT2D eigenvalue weighted by atomic mass is 9.96. The molecule has 0 bridgehead atoms. The number of carbonyl (C=O) groups is 2. The molecule has 4 heteroatoms. The van der Waals surface area contributed by atoms with Crippen LogP contribution in [0.1, 0.15) is 26.7 Å². The van der Waals surface area contributed by atoms with Crippen LogP contribution in [-0.4, -0.2) is 36.3 Å². The molecule has 1 aliphatic heterocycles. The van der Waals surface area contributed by atoms with Crippen molar-refractivity contribution in [2.24, 2.45) is 11.8 Å². The number of piperidine rings is 1. The molecule has 1 fully saturated rings. The van der Waals surface area contributed by atoms with Crippen LogP contribution in [0.2, 0.25) is 0 Å². The Balaban J connectivity index is 2.51. The maximum atomic E-state index is 11.9. The molecule has 1 atom stereocenters. The number of hydrogen-bond acceptors (Lipinski definition) is 2. The monoisotopic (exact) mass is 238 g/mol. The Bertz CT molecular complexity index is 300. The zero-order chi connectivity index (χ0) is 12.8. The number of rotatable bonds is 4. The quantitative estimate of drug-likeness (QED) is 0.748. The molecule has 0 aromatic heterocycles. The Kier molecular flexibility index (Phi) is 5.19. The van der Waals surface area contributed by atoms with Gasteiger partial charge >= 0.3 is 0 Å². The molecule has 2 amide bonds. The van der Waals surface area contributed by atoms with Gasteiger partial charge in [-0.05, 0) is 12.8 Å². The first-order chi connectivity index (χ1) is 8.06. The fourth-order valence-electron chi connectivity index (χ4n) is 2.07. The Hall–Kier alpha value is -1.32. The SMILES string of the molecule is C=CCNC(=O)C1CCCN(C(=O)C(C)C)C1. The lowest BCUT2D eigenvalue weighted by Crippen LogP contribution is -2.46. The van der Waals surface area contributed by atoms with E-state index in [1.165, 1.54) is 0 Å². The molecule has 1 N–H and O–H groups in total. The second kappa shape index (κ2) is 6.42. The van der Waals surface area contributed by atoms with E-state index in [-0.39, 0.29) is 23.7 Å². The molecule has 0 saturated carbocycles. The van der Waals surface area contributed by atoms with Crippen LogP contribution in [0.3, 0.4) is 0 Å². The third-order valence-corrected chi connectivity index (χ3v) is 3.02. The van der Waals surface area contributed by atoms with Crippen molar-refractivity contribution in [3.63, 3.8) is 0 Å². The van der Waals surface area contributed by atoms with Gasteiger partial charge < -0.3 is 10.2 Å². The fraction of sp³-hybridized carbons (Fsp3) is 0.692. The number of nitrogens with zero attached hydrogens (tertiary/aromatic N) is 1. The summed E-state index contributed by atoms with van der Waals surface area (Å²) in [4.78, 5) is 25.5. The summed E-state index contributed by atoms with van der Waals surface area (Å²) < 4.78 is 0. The Morgan fingerprint density at radius 1 is 1.53 bits per heavy atom. The van der Waals surface area contributed by atoms with Crippen molar-refractivity contribution in [2.45, 2.75) is 26.7 Å². The molecule has 0 spiro atoms. The predicted octanol–water partition coefficient (Wildman–Crippen LogP) is 1.18. The van der Waals surface area contributed by atoms with Crippen LogP contribution in [0, 0.1) is 11.8 Å². The van der Waals surface area contributed by atoms with Crippen molar-refractivity contribution in [1.82, 2.24) is 10.2 Å². The largest absolute Gasteiger partial charge is 0.352 e. The van der Waals surface area contributed by atoms with Crippen molar-refractivity contribution in [1.29, 1.82) is 0 Å². The third-order valence-electron chi connectivity index (χ3n) is 3.02. The number of hydrogen-bond donors (Lipinski definition) is 1. The van der Waals surface area contributed by atoms with Gasteiger partial charge in [0, 0.05) is 25.6 Å². The van der Waals surface area contributed by atoms with E-state index in [1.54, 1.807) is 6.08 Å². The lowest BCUT2D eigenvalue weighted by Gasteiger charge is -2.33. The fourth-order valence-corrected chi connectivity index (χ4v) is 2.07. The van der Waals surface area contributed by atoms with Crippen LogP contribution < -0.4 is 5.32 Å². The zero-order valence-electron chi connectivity index (χ0n) is 10.7. The predicted molar refractivity (Wildman–Crippen MR) is 67.3 cm³/mol. The van der Waals surface area contributed by atoms with Crippen molar-refractivity contribution in [3.05, 3.63) is 12.7 Å². The van der Waals surface area contributed by atoms with E-state index in [9.17, 15) is 9.59 Å². The van der Waals surface area contributed by atoms with Crippen molar-refractivity contribution in [2.75, 3.05) is 19.6 Å². The average Bonchev–Trinajstić information content (AvgIpc) is 2.35. The van der Waals surface area contributed by atoms with Crippen molar-refractivity contribution in [3.8, 4) is 0 Å².